The minimum Gasteiger partial charge on any atom is -0.503 e. The Morgan fingerprint density at radius 3 is 2.10 bits per heavy atom. The van der Waals surface area contributed by atoms with Gasteiger partial charge in [0.2, 0.25) is 0 Å². The van der Waals surface area contributed by atoms with Gasteiger partial charge in [-0.15, -0.1) is 0 Å². The van der Waals surface area contributed by atoms with E-state index in [-0.39, 0.29) is 17.7 Å². The lowest BCUT2D eigenvalue weighted by Gasteiger charge is -2.27. The van der Waals surface area contributed by atoms with Crippen LogP contribution in [0.2, 0.25) is 0 Å². The molecule has 3 nitrogen and oxygen atoms in total. The number of carbonyl (C=O) groups excluding carboxylic acids is 1. The van der Waals surface area contributed by atoms with Gasteiger partial charge >= 0.3 is 0 Å². The fourth-order valence-corrected chi connectivity index (χ4v) is 3.90. The quantitative estimate of drug-likeness (QED) is 0.622. The second-order valence-corrected chi connectivity index (χ2v) is 7.54. The Labute approximate surface area is 171 Å². The van der Waals surface area contributed by atoms with E-state index in [1.807, 2.05) is 61.5 Å². The Morgan fingerprint density at radius 2 is 1.48 bits per heavy atom. The van der Waals surface area contributed by atoms with Gasteiger partial charge < -0.3 is 10.0 Å². The summed E-state index contributed by atoms with van der Waals surface area (Å²) in [7, 11) is 0. The van der Waals surface area contributed by atoms with Gasteiger partial charge in [0.25, 0.3) is 5.91 Å². The van der Waals surface area contributed by atoms with Crippen LogP contribution in [0, 0.1) is 6.92 Å². The minimum atomic E-state index is -0.325. The molecule has 3 aromatic carbocycles. The van der Waals surface area contributed by atoms with E-state index in [9.17, 15) is 9.90 Å². The molecular formula is C26H25NO2. The molecule has 0 saturated heterocycles. The molecule has 0 saturated carbocycles. The summed E-state index contributed by atoms with van der Waals surface area (Å²) in [5.41, 5.74) is 6.02. The van der Waals surface area contributed by atoms with E-state index in [0.717, 1.165) is 23.1 Å². The summed E-state index contributed by atoms with van der Waals surface area (Å²) >= 11 is 0. The van der Waals surface area contributed by atoms with E-state index < -0.39 is 0 Å². The number of aliphatic hydroxyl groups excluding tert-OH is 1. The van der Waals surface area contributed by atoms with Gasteiger partial charge in [0.15, 0.2) is 5.76 Å². The van der Waals surface area contributed by atoms with E-state index in [0.29, 0.717) is 12.1 Å². The monoisotopic (exact) mass is 383 g/mol. The number of aryl methyl sites for hydroxylation is 2. The molecular weight excluding hydrogens is 358 g/mol. The first-order valence-electron chi connectivity index (χ1n) is 10.0. The van der Waals surface area contributed by atoms with Gasteiger partial charge in [-0.25, -0.2) is 0 Å². The van der Waals surface area contributed by atoms with Gasteiger partial charge in [0.05, 0.1) is 6.04 Å². The highest BCUT2D eigenvalue weighted by molar-refractivity contribution is 6.05. The molecule has 0 aromatic heterocycles. The first-order valence-corrected chi connectivity index (χ1v) is 10.0. The summed E-state index contributed by atoms with van der Waals surface area (Å²) in [4.78, 5) is 14.9. The van der Waals surface area contributed by atoms with E-state index in [2.05, 4.69) is 31.2 Å². The normalized spacial score (nSPS) is 16.6. The molecule has 0 bridgehead atoms. The van der Waals surface area contributed by atoms with Gasteiger partial charge in [-0.3, -0.25) is 4.79 Å². The van der Waals surface area contributed by atoms with Crippen molar-refractivity contribution in [3.05, 3.63) is 112 Å². The highest BCUT2D eigenvalue weighted by Gasteiger charge is 2.40. The number of hydrogen-bond acceptors (Lipinski definition) is 2. The Kier molecular flexibility index (Phi) is 5.22. The largest absolute Gasteiger partial charge is 0.503 e. The van der Waals surface area contributed by atoms with Crippen molar-refractivity contribution < 1.29 is 9.90 Å². The smallest absolute Gasteiger partial charge is 0.290 e. The van der Waals surface area contributed by atoms with Gasteiger partial charge in [-0.1, -0.05) is 91.3 Å². The third kappa shape index (κ3) is 3.68. The van der Waals surface area contributed by atoms with Crippen LogP contribution >= 0.6 is 0 Å². The molecule has 0 radical (unpaired) electrons. The van der Waals surface area contributed by atoms with E-state index >= 15 is 0 Å². The second kappa shape index (κ2) is 7.96. The molecule has 0 fully saturated rings. The van der Waals surface area contributed by atoms with Crippen LogP contribution in [0.15, 0.2) is 84.6 Å². The standard InChI is InChI=1S/C26H25NO2/c1-3-19-13-15-22(16-14-19)24-23(21-7-5-4-6-8-21)25(28)26(29)27(24)17-20-11-9-18(2)10-12-20/h4-16,24,28H,3,17H2,1-2H3. The van der Waals surface area contributed by atoms with Crippen LogP contribution in [0.4, 0.5) is 0 Å². The van der Waals surface area contributed by atoms with Crippen LogP contribution in [-0.2, 0) is 17.8 Å². The summed E-state index contributed by atoms with van der Waals surface area (Å²) in [5, 5.41) is 10.8. The van der Waals surface area contributed by atoms with Crippen molar-refractivity contribution in [1.82, 2.24) is 4.90 Å². The van der Waals surface area contributed by atoms with E-state index in [4.69, 9.17) is 0 Å². The van der Waals surface area contributed by atoms with Crippen LogP contribution in [0.1, 0.15) is 40.8 Å². The fourth-order valence-electron chi connectivity index (χ4n) is 3.90. The number of carbonyl (C=O) groups is 1. The van der Waals surface area contributed by atoms with Crippen LogP contribution < -0.4 is 0 Å². The predicted molar refractivity (Wildman–Crippen MR) is 116 cm³/mol. The summed E-state index contributed by atoms with van der Waals surface area (Å²) in [5.74, 6) is -0.484. The zero-order valence-electron chi connectivity index (χ0n) is 16.8. The lowest BCUT2D eigenvalue weighted by molar-refractivity contribution is -0.130. The van der Waals surface area contributed by atoms with Crippen LogP contribution in [0.3, 0.4) is 0 Å². The third-order valence-corrected chi connectivity index (χ3v) is 5.57. The number of nitrogens with zero attached hydrogens (tertiary/aromatic N) is 1. The number of aliphatic hydroxyl groups is 1. The summed E-state index contributed by atoms with van der Waals surface area (Å²) in [6.45, 7) is 4.61. The van der Waals surface area contributed by atoms with Crippen LogP contribution in [-0.4, -0.2) is 15.9 Å². The molecule has 1 aliphatic rings. The lowest BCUT2D eigenvalue weighted by Crippen LogP contribution is -2.29. The van der Waals surface area contributed by atoms with Gasteiger partial charge in [-0.2, -0.15) is 0 Å². The van der Waals surface area contributed by atoms with Crippen molar-refractivity contribution in [1.29, 1.82) is 0 Å². The molecule has 1 amide bonds. The first kappa shape index (κ1) is 19.0. The minimum absolute atomic E-state index is 0.159. The maximum Gasteiger partial charge on any atom is 0.290 e. The third-order valence-electron chi connectivity index (χ3n) is 5.57. The molecule has 0 spiro atoms. The summed E-state index contributed by atoms with van der Waals surface area (Å²) in [6.07, 6.45) is 0.962. The average Bonchev–Trinajstić information content (AvgIpc) is 3.01. The highest BCUT2D eigenvalue weighted by Crippen LogP contribution is 2.43. The molecule has 1 N–H and O–H groups in total. The van der Waals surface area contributed by atoms with Crippen molar-refractivity contribution in [2.45, 2.75) is 32.9 Å². The van der Waals surface area contributed by atoms with Crippen LogP contribution in [0.5, 0.6) is 0 Å². The predicted octanol–water partition coefficient (Wildman–Crippen LogP) is 5.61. The molecule has 146 valence electrons. The van der Waals surface area contributed by atoms with E-state index in [1.165, 1.54) is 11.1 Å². The molecule has 0 aliphatic carbocycles. The van der Waals surface area contributed by atoms with Crippen LogP contribution in [0.25, 0.3) is 5.57 Å². The molecule has 3 aromatic rings. The van der Waals surface area contributed by atoms with Crippen molar-refractivity contribution in [3.63, 3.8) is 0 Å². The SMILES string of the molecule is CCc1ccc(C2C(c3ccccc3)=C(O)C(=O)N2Cc2ccc(C)cc2)cc1. The molecule has 1 unspecified atom stereocenters. The summed E-state index contributed by atoms with van der Waals surface area (Å²) < 4.78 is 0. The molecule has 29 heavy (non-hydrogen) atoms. The van der Waals surface area contributed by atoms with Gasteiger partial charge in [-0.05, 0) is 35.6 Å². The van der Waals surface area contributed by atoms with Gasteiger partial charge in [0.1, 0.15) is 0 Å². The van der Waals surface area contributed by atoms with Crippen molar-refractivity contribution >= 4 is 11.5 Å². The molecule has 4 rings (SSSR count). The number of amides is 1. The first-order chi connectivity index (χ1) is 14.1. The van der Waals surface area contributed by atoms with Crippen molar-refractivity contribution in [3.8, 4) is 0 Å². The Balaban J connectivity index is 1.79. The van der Waals surface area contributed by atoms with Gasteiger partial charge in [0, 0.05) is 12.1 Å². The molecule has 1 heterocycles. The summed E-state index contributed by atoms with van der Waals surface area (Å²) in [6, 6.07) is 25.9. The Bertz CT molecular complexity index is 1030. The topological polar surface area (TPSA) is 40.5 Å². The maximum atomic E-state index is 13.1. The maximum absolute atomic E-state index is 13.1. The van der Waals surface area contributed by atoms with Crippen molar-refractivity contribution in [2.75, 3.05) is 0 Å². The molecule has 3 heteroatoms. The number of rotatable bonds is 5. The molecule has 1 aliphatic heterocycles. The number of hydrogen-bond donors (Lipinski definition) is 1. The number of benzene rings is 3. The van der Waals surface area contributed by atoms with Crippen molar-refractivity contribution in [2.24, 2.45) is 0 Å². The zero-order valence-corrected chi connectivity index (χ0v) is 16.8. The lowest BCUT2D eigenvalue weighted by atomic mass is 9.92. The molecule has 1 atom stereocenters. The zero-order chi connectivity index (χ0) is 20.4. The Morgan fingerprint density at radius 1 is 0.862 bits per heavy atom. The second-order valence-electron chi connectivity index (χ2n) is 7.54. The average molecular weight is 383 g/mol. The Hall–Kier alpha value is -3.33. The fraction of sp³-hybridized carbons (Fsp3) is 0.192. The highest BCUT2D eigenvalue weighted by atomic mass is 16.3. The van der Waals surface area contributed by atoms with E-state index in [1.54, 1.807) is 4.90 Å².